The number of unbranched alkanes of at least 4 members (excludes halogenated alkanes) is 3. The van der Waals surface area contributed by atoms with E-state index in [4.69, 9.17) is 0 Å². The minimum absolute atomic E-state index is 0.244. The highest BCUT2D eigenvalue weighted by Crippen LogP contribution is 2.28. The lowest BCUT2D eigenvalue weighted by molar-refractivity contribution is -0.142. The zero-order chi connectivity index (χ0) is 48.4. The van der Waals surface area contributed by atoms with E-state index < -0.39 is 48.3 Å². The number of amides is 6. The molecule has 2 aliphatic rings. The number of hydrogen-bond donors (Lipinski definition) is 6. The molecule has 2 saturated heterocycles. The molecule has 0 saturated carbocycles. The molecule has 2 heterocycles. The molecule has 0 aliphatic carbocycles. The van der Waals surface area contributed by atoms with Gasteiger partial charge in [0.05, 0.1) is 24.2 Å². The maximum absolute atomic E-state index is 14.4. The molecule has 6 N–H and O–H groups in total. The highest BCUT2D eigenvalue weighted by Gasteiger charge is 2.40. The van der Waals surface area contributed by atoms with Crippen LogP contribution in [0, 0.1) is 0 Å². The Balaban J connectivity index is 1.08. The maximum atomic E-state index is 14.4. The molecule has 0 spiro atoms. The van der Waals surface area contributed by atoms with Gasteiger partial charge in [0.15, 0.2) is 0 Å². The molecule has 2 aliphatic heterocycles. The van der Waals surface area contributed by atoms with Crippen LogP contribution in [0.25, 0.3) is 0 Å². The van der Waals surface area contributed by atoms with Crippen LogP contribution in [-0.4, -0.2) is 109 Å². The summed E-state index contributed by atoms with van der Waals surface area (Å²) in [5.74, 6) is -1.68. The van der Waals surface area contributed by atoms with E-state index in [0.29, 0.717) is 77.3 Å². The van der Waals surface area contributed by atoms with Crippen LogP contribution in [-0.2, 0) is 28.8 Å². The topological polar surface area (TPSA) is 181 Å². The Bertz CT molecular complexity index is 2010. The number of nitrogens with zero attached hydrogens (tertiary/aromatic N) is 2. The molecule has 4 aromatic rings. The monoisotopic (exact) mass is 927 g/mol. The Kier molecular flexibility index (Phi) is 19.3. The van der Waals surface area contributed by atoms with E-state index in [1.165, 1.54) is 0 Å². The van der Waals surface area contributed by atoms with Crippen molar-refractivity contribution < 1.29 is 28.8 Å². The fourth-order valence-electron chi connectivity index (χ4n) is 9.20. The lowest BCUT2D eigenvalue weighted by atomic mass is 9.98. The standard InChI is InChI=1S/C54H70N8O6/c1-37(55-3)49(63)57-43(53(67)61-35-21-33-45(61)51(65)59-47(39-23-11-7-12-24-39)40-25-13-8-14-26-40)31-19-5-6-20-32-44(58-50(64)38(2)56-4)54(68)62-36-22-34-46(62)52(66)60-48(41-27-15-9-16-28-41)42-29-17-10-18-30-42/h7-18,23-30,37-38,43-48,55-56H,5-6,19-22,31-36H2,1-4H3,(H,57,63)(H,58,64)(H,59,65)(H,60,66)/t37-,38?,43-,44-,45-,46-/m0/s1. The molecule has 68 heavy (non-hydrogen) atoms. The normalized spacial score (nSPS) is 17.6. The summed E-state index contributed by atoms with van der Waals surface area (Å²) in [7, 11) is 3.37. The Labute approximate surface area is 401 Å². The second-order valence-electron chi connectivity index (χ2n) is 18.0. The molecule has 4 aromatic carbocycles. The lowest BCUT2D eigenvalue weighted by Gasteiger charge is -2.31. The Morgan fingerprint density at radius 3 is 1.07 bits per heavy atom. The fraction of sp³-hybridized carbons (Fsp3) is 0.444. The Morgan fingerprint density at radius 1 is 0.471 bits per heavy atom. The smallest absolute Gasteiger partial charge is 0.245 e. The summed E-state index contributed by atoms with van der Waals surface area (Å²) < 4.78 is 0. The number of likely N-dealkylation sites (tertiary alicyclic amines) is 2. The molecular formula is C54H70N8O6. The predicted octanol–water partition coefficient (Wildman–Crippen LogP) is 5.31. The summed E-state index contributed by atoms with van der Waals surface area (Å²) in [6.07, 6.45) is 5.64. The first-order valence-electron chi connectivity index (χ1n) is 24.4. The molecule has 0 radical (unpaired) electrons. The van der Waals surface area contributed by atoms with Gasteiger partial charge in [-0.3, -0.25) is 28.8 Å². The molecule has 362 valence electrons. The molecule has 0 aromatic heterocycles. The molecular weight excluding hydrogens is 857 g/mol. The van der Waals surface area contributed by atoms with E-state index in [2.05, 4.69) is 31.9 Å². The molecule has 1 unspecified atom stereocenters. The highest BCUT2D eigenvalue weighted by molar-refractivity contribution is 5.94. The van der Waals surface area contributed by atoms with Crippen molar-refractivity contribution >= 4 is 35.4 Å². The number of hydrogen-bond acceptors (Lipinski definition) is 8. The van der Waals surface area contributed by atoms with Crippen molar-refractivity contribution in [3.63, 3.8) is 0 Å². The summed E-state index contributed by atoms with van der Waals surface area (Å²) in [4.78, 5) is 86.7. The van der Waals surface area contributed by atoms with Crippen LogP contribution in [0.4, 0.5) is 0 Å². The molecule has 14 nitrogen and oxygen atoms in total. The minimum atomic E-state index is -0.844. The van der Waals surface area contributed by atoms with Gasteiger partial charge < -0.3 is 41.7 Å². The van der Waals surface area contributed by atoms with Crippen LogP contribution in [0.5, 0.6) is 0 Å². The van der Waals surface area contributed by atoms with Gasteiger partial charge in [0.2, 0.25) is 35.4 Å². The highest BCUT2D eigenvalue weighted by atomic mass is 16.2. The van der Waals surface area contributed by atoms with Crippen LogP contribution in [0.15, 0.2) is 121 Å². The van der Waals surface area contributed by atoms with Crippen LogP contribution < -0.4 is 31.9 Å². The second-order valence-corrected chi connectivity index (χ2v) is 18.0. The summed E-state index contributed by atoms with van der Waals surface area (Å²) >= 11 is 0. The van der Waals surface area contributed by atoms with E-state index in [0.717, 1.165) is 22.3 Å². The van der Waals surface area contributed by atoms with E-state index in [1.54, 1.807) is 37.7 Å². The second kappa shape index (κ2) is 25.7. The van der Waals surface area contributed by atoms with Gasteiger partial charge in [0.25, 0.3) is 0 Å². The maximum Gasteiger partial charge on any atom is 0.245 e. The molecule has 6 amide bonds. The van der Waals surface area contributed by atoms with Gasteiger partial charge in [0.1, 0.15) is 24.2 Å². The van der Waals surface area contributed by atoms with E-state index >= 15 is 0 Å². The van der Waals surface area contributed by atoms with Crippen molar-refractivity contribution in [2.24, 2.45) is 0 Å². The van der Waals surface area contributed by atoms with Crippen LogP contribution >= 0.6 is 0 Å². The molecule has 14 heteroatoms. The van der Waals surface area contributed by atoms with E-state index in [9.17, 15) is 28.8 Å². The largest absolute Gasteiger partial charge is 0.343 e. The number of carbonyl (C=O) groups is 6. The van der Waals surface area contributed by atoms with Crippen molar-refractivity contribution in [1.29, 1.82) is 0 Å². The van der Waals surface area contributed by atoms with Gasteiger partial charge >= 0.3 is 0 Å². The van der Waals surface area contributed by atoms with Crippen molar-refractivity contribution in [1.82, 2.24) is 41.7 Å². The Hall–Kier alpha value is -6.38. The van der Waals surface area contributed by atoms with Gasteiger partial charge in [-0.25, -0.2) is 0 Å². The zero-order valence-corrected chi connectivity index (χ0v) is 40.0. The van der Waals surface area contributed by atoms with E-state index in [-0.39, 0.29) is 35.4 Å². The number of likely N-dealkylation sites (N-methyl/N-ethyl adjacent to an activating group) is 2. The summed E-state index contributed by atoms with van der Waals surface area (Å²) in [6, 6.07) is 34.0. The minimum Gasteiger partial charge on any atom is -0.343 e. The van der Waals surface area contributed by atoms with Crippen LogP contribution in [0.3, 0.4) is 0 Å². The van der Waals surface area contributed by atoms with Crippen molar-refractivity contribution in [3.8, 4) is 0 Å². The van der Waals surface area contributed by atoms with Gasteiger partial charge in [-0.2, -0.15) is 0 Å². The first-order valence-corrected chi connectivity index (χ1v) is 24.4. The number of benzene rings is 4. The van der Waals surface area contributed by atoms with Gasteiger partial charge in [-0.05, 0) is 88.7 Å². The molecule has 6 atom stereocenters. The van der Waals surface area contributed by atoms with Crippen LogP contribution in [0.2, 0.25) is 0 Å². The van der Waals surface area contributed by atoms with Gasteiger partial charge in [-0.15, -0.1) is 0 Å². The predicted molar refractivity (Wildman–Crippen MR) is 264 cm³/mol. The summed E-state index contributed by atoms with van der Waals surface area (Å²) in [5.41, 5.74) is 3.72. The number of carbonyl (C=O) groups excluding carboxylic acids is 6. The van der Waals surface area contributed by atoms with Crippen LogP contribution in [0.1, 0.15) is 112 Å². The third-order valence-corrected chi connectivity index (χ3v) is 13.4. The molecule has 0 bridgehead atoms. The average Bonchev–Trinajstić information content (AvgIpc) is 4.09. The first kappa shape index (κ1) is 51.0. The first-order chi connectivity index (χ1) is 33.0. The molecule has 6 rings (SSSR count). The SMILES string of the molecule is CNC(C)C(=O)N[C@@H](CCCCCC[C@H](NC(=O)[C@H](C)NC)C(=O)N1CCC[C@H]1C(=O)NC(c1ccccc1)c1ccccc1)C(=O)N1CCC[C@H]1C(=O)NC(c1ccccc1)c1ccccc1. The fourth-order valence-corrected chi connectivity index (χ4v) is 9.20. The quantitative estimate of drug-likeness (QED) is 0.0542. The summed E-state index contributed by atoms with van der Waals surface area (Å²) in [5, 5.41) is 18.3. The summed E-state index contributed by atoms with van der Waals surface area (Å²) in [6.45, 7) is 4.26. The third-order valence-electron chi connectivity index (χ3n) is 13.4. The number of rotatable bonds is 23. The van der Waals surface area contributed by atoms with Crippen molar-refractivity contribution in [2.75, 3.05) is 27.2 Å². The van der Waals surface area contributed by atoms with Gasteiger partial charge in [0, 0.05) is 13.1 Å². The van der Waals surface area contributed by atoms with Gasteiger partial charge in [-0.1, -0.05) is 147 Å². The molecule has 2 fully saturated rings. The number of nitrogens with one attached hydrogen (secondary N) is 6. The average molecular weight is 927 g/mol. The zero-order valence-electron chi connectivity index (χ0n) is 40.0. The van der Waals surface area contributed by atoms with E-state index in [1.807, 2.05) is 121 Å². The lowest BCUT2D eigenvalue weighted by Crippen LogP contribution is -2.55. The third kappa shape index (κ3) is 13.6. The van der Waals surface area contributed by atoms with Crippen molar-refractivity contribution in [2.45, 2.75) is 126 Å². The Morgan fingerprint density at radius 2 is 0.779 bits per heavy atom. The van der Waals surface area contributed by atoms with Crippen molar-refractivity contribution in [3.05, 3.63) is 144 Å².